The minimum atomic E-state index is -0.334. The van der Waals surface area contributed by atoms with E-state index in [1.54, 1.807) is 0 Å². The van der Waals surface area contributed by atoms with Gasteiger partial charge < -0.3 is 5.32 Å². The van der Waals surface area contributed by atoms with Crippen molar-refractivity contribution < 1.29 is 4.79 Å². The molecular weight excluding hydrogens is 230 g/mol. The number of aromatic amines is 1. The molecule has 0 aliphatic heterocycles. The maximum absolute atomic E-state index is 11.6. The van der Waals surface area contributed by atoms with Crippen molar-refractivity contribution in [2.45, 2.75) is 31.7 Å². The quantitative estimate of drug-likeness (QED) is 0.772. The molecule has 0 saturated heterocycles. The van der Waals surface area contributed by atoms with E-state index in [1.807, 2.05) is 13.8 Å². The third-order valence-corrected chi connectivity index (χ3v) is 2.15. The highest BCUT2D eigenvalue weighted by Gasteiger charge is 2.12. The summed E-state index contributed by atoms with van der Waals surface area (Å²) < 4.78 is 0. The van der Waals surface area contributed by atoms with E-state index in [9.17, 15) is 9.59 Å². The van der Waals surface area contributed by atoms with E-state index >= 15 is 0 Å². The van der Waals surface area contributed by atoms with Gasteiger partial charge in [-0.2, -0.15) is 5.10 Å². The zero-order valence-corrected chi connectivity index (χ0v) is 9.91. The van der Waals surface area contributed by atoms with E-state index in [0.717, 1.165) is 0 Å². The highest BCUT2D eigenvalue weighted by molar-refractivity contribution is 6.20. The summed E-state index contributed by atoms with van der Waals surface area (Å²) in [5, 5.41) is 8.57. The topological polar surface area (TPSA) is 74.8 Å². The van der Waals surface area contributed by atoms with Crippen LogP contribution >= 0.6 is 11.6 Å². The summed E-state index contributed by atoms with van der Waals surface area (Å²) in [5.74, 6) is -0.318. The van der Waals surface area contributed by atoms with Gasteiger partial charge in [0.25, 0.3) is 11.5 Å². The number of nitrogens with one attached hydrogen (secondary N) is 2. The molecule has 0 aliphatic rings. The third kappa shape index (κ3) is 4.02. The SMILES string of the molecule is CC(Cl)CC(C)NC(=O)c1ccc(=O)[nH]n1. The molecule has 1 aromatic heterocycles. The molecular formula is C10H14ClN3O2. The van der Waals surface area contributed by atoms with Gasteiger partial charge in [0.1, 0.15) is 5.69 Å². The number of carbonyl (C=O) groups excluding carboxylic acids is 1. The summed E-state index contributed by atoms with van der Waals surface area (Å²) >= 11 is 5.81. The molecule has 1 rings (SSSR count). The van der Waals surface area contributed by atoms with Gasteiger partial charge in [-0.1, -0.05) is 0 Å². The van der Waals surface area contributed by atoms with Crippen molar-refractivity contribution in [3.05, 3.63) is 28.2 Å². The number of H-pyrrole nitrogens is 1. The molecule has 6 heteroatoms. The van der Waals surface area contributed by atoms with Gasteiger partial charge in [0.05, 0.1) is 0 Å². The number of hydrogen-bond acceptors (Lipinski definition) is 3. The molecule has 0 fully saturated rings. The van der Waals surface area contributed by atoms with E-state index in [4.69, 9.17) is 11.6 Å². The van der Waals surface area contributed by atoms with Gasteiger partial charge in [-0.3, -0.25) is 9.59 Å². The second kappa shape index (κ2) is 5.65. The number of carbonyl (C=O) groups is 1. The standard InChI is InChI=1S/C10H14ClN3O2/c1-6(11)5-7(2)12-10(16)8-3-4-9(15)14-13-8/h3-4,6-7H,5H2,1-2H3,(H,12,16)(H,14,15). The maximum atomic E-state index is 11.6. The Morgan fingerprint density at radius 2 is 2.25 bits per heavy atom. The summed E-state index contributed by atoms with van der Waals surface area (Å²) in [7, 11) is 0. The van der Waals surface area contributed by atoms with E-state index in [1.165, 1.54) is 12.1 Å². The molecule has 5 nitrogen and oxygen atoms in total. The van der Waals surface area contributed by atoms with Crippen LogP contribution in [0.15, 0.2) is 16.9 Å². The molecule has 88 valence electrons. The van der Waals surface area contributed by atoms with Gasteiger partial charge in [-0.25, -0.2) is 5.10 Å². The lowest BCUT2D eigenvalue weighted by atomic mass is 10.2. The lowest BCUT2D eigenvalue weighted by molar-refractivity contribution is 0.0932. The van der Waals surface area contributed by atoms with Crippen molar-refractivity contribution in [1.82, 2.24) is 15.5 Å². The number of halogens is 1. The zero-order valence-electron chi connectivity index (χ0n) is 9.16. The largest absolute Gasteiger partial charge is 0.348 e. The van der Waals surface area contributed by atoms with Gasteiger partial charge in [-0.05, 0) is 26.3 Å². The van der Waals surface area contributed by atoms with Crippen molar-refractivity contribution in [3.8, 4) is 0 Å². The fourth-order valence-corrected chi connectivity index (χ4v) is 1.58. The Morgan fingerprint density at radius 3 is 2.75 bits per heavy atom. The molecule has 1 heterocycles. The van der Waals surface area contributed by atoms with E-state index in [0.29, 0.717) is 6.42 Å². The van der Waals surface area contributed by atoms with Crippen LogP contribution in [0.3, 0.4) is 0 Å². The van der Waals surface area contributed by atoms with Gasteiger partial charge in [0.2, 0.25) is 0 Å². The van der Waals surface area contributed by atoms with Crippen molar-refractivity contribution in [2.24, 2.45) is 0 Å². The van der Waals surface area contributed by atoms with E-state index in [-0.39, 0.29) is 28.6 Å². The highest BCUT2D eigenvalue weighted by Crippen LogP contribution is 2.04. The first-order valence-corrected chi connectivity index (χ1v) is 5.43. The number of hydrogen-bond donors (Lipinski definition) is 2. The predicted molar refractivity (Wildman–Crippen MR) is 61.7 cm³/mol. The predicted octanol–water partition coefficient (Wildman–Crippen LogP) is 0.906. The average molecular weight is 244 g/mol. The molecule has 0 bridgehead atoms. The summed E-state index contributed by atoms with van der Waals surface area (Å²) in [4.78, 5) is 22.4. The fraction of sp³-hybridized carbons (Fsp3) is 0.500. The Balaban J connectivity index is 2.58. The number of amides is 1. The van der Waals surface area contributed by atoms with E-state index in [2.05, 4.69) is 15.5 Å². The molecule has 0 aliphatic carbocycles. The monoisotopic (exact) mass is 243 g/mol. The first-order valence-electron chi connectivity index (χ1n) is 4.99. The lowest BCUT2D eigenvalue weighted by Gasteiger charge is -2.14. The van der Waals surface area contributed by atoms with Crippen LogP contribution in [0.25, 0.3) is 0 Å². The summed E-state index contributed by atoms with van der Waals surface area (Å²) in [6, 6.07) is 2.61. The van der Waals surface area contributed by atoms with E-state index < -0.39 is 0 Å². The Kier molecular flexibility index (Phi) is 4.49. The molecule has 2 atom stereocenters. The van der Waals surface area contributed by atoms with Gasteiger partial charge >= 0.3 is 0 Å². The van der Waals surface area contributed by atoms with Crippen LogP contribution in [-0.4, -0.2) is 27.5 Å². The summed E-state index contributed by atoms with van der Waals surface area (Å²) in [6.07, 6.45) is 0.677. The Bertz CT molecular complexity index is 396. The number of rotatable bonds is 4. The number of nitrogens with zero attached hydrogens (tertiary/aromatic N) is 1. The normalized spacial score (nSPS) is 14.2. The molecule has 0 saturated carbocycles. The molecule has 0 aromatic carbocycles. The summed E-state index contributed by atoms with van der Waals surface area (Å²) in [5.41, 5.74) is -0.146. The fourth-order valence-electron chi connectivity index (χ4n) is 1.31. The molecule has 1 aromatic rings. The van der Waals surface area contributed by atoms with Crippen LogP contribution in [0.4, 0.5) is 0 Å². The highest BCUT2D eigenvalue weighted by atomic mass is 35.5. The zero-order chi connectivity index (χ0) is 12.1. The molecule has 2 unspecified atom stereocenters. The number of alkyl halides is 1. The second-order valence-corrected chi connectivity index (χ2v) is 4.44. The van der Waals surface area contributed by atoms with Crippen molar-refractivity contribution >= 4 is 17.5 Å². The smallest absolute Gasteiger partial charge is 0.271 e. The van der Waals surface area contributed by atoms with Crippen molar-refractivity contribution in [3.63, 3.8) is 0 Å². The number of aromatic nitrogens is 2. The first kappa shape index (κ1) is 12.7. The van der Waals surface area contributed by atoms with Crippen molar-refractivity contribution in [1.29, 1.82) is 0 Å². The van der Waals surface area contributed by atoms with Crippen LogP contribution in [-0.2, 0) is 0 Å². The van der Waals surface area contributed by atoms with Crippen LogP contribution in [0.5, 0.6) is 0 Å². The Labute approximate surface area is 98.2 Å². The average Bonchev–Trinajstić information content (AvgIpc) is 2.16. The third-order valence-electron chi connectivity index (χ3n) is 1.97. The molecule has 0 spiro atoms. The molecule has 16 heavy (non-hydrogen) atoms. The van der Waals surface area contributed by atoms with Gasteiger partial charge in [0.15, 0.2) is 0 Å². The second-order valence-electron chi connectivity index (χ2n) is 3.70. The van der Waals surface area contributed by atoms with Gasteiger partial charge in [0, 0.05) is 17.5 Å². The Hall–Kier alpha value is -1.36. The molecule has 2 N–H and O–H groups in total. The van der Waals surface area contributed by atoms with Crippen LogP contribution in [0, 0.1) is 0 Å². The van der Waals surface area contributed by atoms with Crippen molar-refractivity contribution in [2.75, 3.05) is 0 Å². The minimum Gasteiger partial charge on any atom is -0.348 e. The van der Waals surface area contributed by atoms with Crippen LogP contribution < -0.4 is 10.9 Å². The summed E-state index contributed by atoms with van der Waals surface area (Å²) in [6.45, 7) is 3.73. The molecule has 1 amide bonds. The maximum Gasteiger partial charge on any atom is 0.271 e. The Morgan fingerprint density at radius 1 is 1.56 bits per heavy atom. The van der Waals surface area contributed by atoms with Gasteiger partial charge in [-0.15, -0.1) is 11.6 Å². The minimum absolute atomic E-state index is 0.00107. The lowest BCUT2D eigenvalue weighted by Crippen LogP contribution is -2.34. The van der Waals surface area contributed by atoms with Crippen LogP contribution in [0.1, 0.15) is 30.8 Å². The molecule has 0 radical (unpaired) electrons. The van der Waals surface area contributed by atoms with Crippen LogP contribution in [0.2, 0.25) is 0 Å². The first-order chi connectivity index (χ1) is 7.49.